The molecule has 0 unspecified atom stereocenters. The summed E-state index contributed by atoms with van der Waals surface area (Å²) in [6, 6.07) is 14.6. The van der Waals surface area contributed by atoms with Gasteiger partial charge in [-0.2, -0.15) is 0 Å². The number of carbonyl (C=O) groups is 2. The molecule has 2 aromatic carbocycles. The number of carbonyl (C=O) groups excluding carboxylic acids is 2. The average Bonchev–Trinajstić information content (AvgIpc) is 2.68. The number of amides is 2. The van der Waals surface area contributed by atoms with Crippen LogP contribution >= 0.6 is 11.8 Å². The molecule has 6 heteroatoms. The molecule has 0 atom stereocenters. The molecular formula is C21H24N2O3S. The first-order valence-electron chi connectivity index (χ1n) is 9.08. The summed E-state index contributed by atoms with van der Waals surface area (Å²) in [6.07, 6.45) is 0. The molecular weight excluding hydrogens is 360 g/mol. The summed E-state index contributed by atoms with van der Waals surface area (Å²) < 4.78 is 5.28. The van der Waals surface area contributed by atoms with Crippen LogP contribution in [-0.2, 0) is 4.74 Å². The number of nitrogens with zero attached hydrogens (tertiary/aromatic N) is 1. The molecule has 2 aromatic rings. The predicted octanol–water partition coefficient (Wildman–Crippen LogP) is 3.91. The highest BCUT2D eigenvalue weighted by atomic mass is 32.2. The van der Waals surface area contributed by atoms with Crippen LogP contribution < -0.4 is 5.32 Å². The molecule has 1 fully saturated rings. The number of thioether (sulfide) groups is 1. The van der Waals surface area contributed by atoms with Crippen LogP contribution in [0.4, 0.5) is 5.69 Å². The zero-order chi connectivity index (χ0) is 19.2. The maximum absolute atomic E-state index is 12.7. The third-order valence-corrected chi connectivity index (χ3v) is 5.26. The number of morpholine rings is 1. The van der Waals surface area contributed by atoms with E-state index < -0.39 is 0 Å². The topological polar surface area (TPSA) is 58.6 Å². The largest absolute Gasteiger partial charge is 0.378 e. The van der Waals surface area contributed by atoms with Crippen molar-refractivity contribution in [2.24, 2.45) is 0 Å². The molecule has 0 aromatic heterocycles. The molecule has 1 heterocycles. The molecule has 2 amide bonds. The molecule has 1 aliphatic rings. The molecule has 27 heavy (non-hydrogen) atoms. The predicted molar refractivity (Wildman–Crippen MR) is 109 cm³/mol. The van der Waals surface area contributed by atoms with Gasteiger partial charge < -0.3 is 15.0 Å². The van der Waals surface area contributed by atoms with E-state index in [2.05, 4.69) is 19.2 Å². The van der Waals surface area contributed by atoms with E-state index in [4.69, 9.17) is 4.74 Å². The van der Waals surface area contributed by atoms with Crippen LogP contribution in [0.5, 0.6) is 0 Å². The van der Waals surface area contributed by atoms with Crippen LogP contribution in [0.3, 0.4) is 0 Å². The number of anilines is 1. The smallest absolute Gasteiger partial charge is 0.256 e. The molecule has 1 saturated heterocycles. The molecule has 1 aliphatic heterocycles. The van der Waals surface area contributed by atoms with E-state index in [-0.39, 0.29) is 11.8 Å². The van der Waals surface area contributed by atoms with Crippen molar-refractivity contribution in [3.05, 3.63) is 59.7 Å². The van der Waals surface area contributed by atoms with Crippen molar-refractivity contribution in [1.29, 1.82) is 0 Å². The zero-order valence-corrected chi connectivity index (χ0v) is 16.4. The van der Waals surface area contributed by atoms with Crippen LogP contribution in [0.1, 0.15) is 34.6 Å². The third-order valence-electron chi connectivity index (χ3n) is 4.18. The maximum atomic E-state index is 12.7. The van der Waals surface area contributed by atoms with Gasteiger partial charge in [-0.15, -0.1) is 11.8 Å². The van der Waals surface area contributed by atoms with Crippen molar-refractivity contribution >= 4 is 29.3 Å². The molecule has 3 rings (SSSR count). The summed E-state index contributed by atoms with van der Waals surface area (Å²) in [5.41, 5.74) is 1.94. The monoisotopic (exact) mass is 384 g/mol. The summed E-state index contributed by atoms with van der Waals surface area (Å²) in [6.45, 7) is 6.58. The number of hydrogen-bond donors (Lipinski definition) is 1. The standard InChI is InChI=1S/C21H24N2O3S/c1-15(2)27-19-6-4-3-5-18(19)20(24)22-17-9-7-16(8-10-17)21(25)23-11-13-26-14-12-23/h3-10,15H,11-14H2,1-2H3,(H,22,24). The Kier molecular flexibility index (Phi) is 6.53. The molecule has 0 aliphatic carbocycles. The Morgan fingerprint density at radius 1 is 1.04 bits per heavy atom. The summed E-state index contributed by atoms with van der Waals surface area (Å²) >= 11 is 1.66. The fraction of sp³-hybridized carbons (Fsp3) is 0.333. The second-order valence-electron chi connectivity index (χ2n) is 6.60. The van der Waals surface area contributed by atoms with Gasteiger partial charge in [-0.05, 0) is 36.4 Å². The summed E-state index contributed by atoms with van der Waals surface area (Å²) in [5, 5.41) is 3.31. The van der Waals surface area contributed by atoms with Crippen molar-refractivity contribution in [2.45, 2.75) is 24.0 Å². The lowest BCUT2D eigenvalue weighted by Crippen LogP contribution is -2.40. The fourth-order valence-electron chi connectivity index (χ4n) is 2.85. The molecule has 0 saturated carbocycles. The summed E-state index contributed by atoms with van der Waals surface area (Å²) in [7, 11) is 0. The van der Waals surface area contributed by atoms with E-state index in [1.807, 2.05) is 24.3 Å². The first kappa shape index (κ1) is 19.5. The van der Waals surface area contributed by atoms with E-state index in [1.165, 1.54) is 0 Å². The van der Waals surface area contributed by atoms with E-state index >= 15 is 0 Å². The van der Waals surface area contributed by atoms with Crippen molar-refractivity contribution < 1.29 is 14.3 Å². The highest BCUT2D eigenvalue weighted by Gasteiger charge is 2.18. The SMILES string of the molecule is CC(C)Sc1ccccc1C(=O)Nc1ccc(C(=O)N2CCOCC2)cc1. The zero-order valence-electron chi connectivity index (χ0n) is 15.6. The van der Waals surface area contributed by atoms with Gasteiger partial charge in [0, 0.05) is 34.5 Å². The van der Waals surface area contributed by atoms with Gasteiger partial charge in [0.15, 0.2) is 0 Å². The molecule has 0 bridgehead atoms. The molecule has 1 N–H and O–H groups in total. The van der Waals surface area contributed by atoms with Gasteiger partial charge in [0.05, 0.1) is 18.8 Å². The molecule has 0 radical (unpaired) electrons. The minimum Gasteiger partial charge on any atom is -0.378 e. The second kappa shape index (κ2) is 9.06. The first-order valence-corrected chi connectivity index (χ1v) is 9.96. The molecule has 0 spiro atoms. The van der Waals surface area contributed by atoms with Gasteiger partial charge in [-0.25, -0.2) is 0 Å². The van der Waals surface area contributed by atoms with E-state index in [0.717, 1.165) is 4.90 Å². The van der Waals surface area contributed by atoms with Gasteiger partial charge in [0.1, 0.15) is 0 Å². The Morgan fingerprint density at radius 2 is 1.70 bits per heavy atom. The van der Waals surface area contributed by atoms with Crippen molar-refractivity contribution in [1.82, 2.24) is 4.90 Å². The van der Waals surface area contributed by atoms with Gasteiger partial charge >= 0.3 is 0 Å². The minimum absolute atomic E-state index is 0.00476. The third kappa shape index (κ3) is 5.11. The van der Waals surface area contributed by atoms with Crippen LogP contribution in [0.2, 0.25) is 0 Å². The van der Waals surface area contributed by atoms with Gasteiger partial charge in [-0.3, -0.25) is 9.59 Å². The summed E-state index contributed by atoms with van der Waals surface area (Å²) in [4.78, 5) is 27.9. The second-order valence-corrected chi connectivity index (χ2v) is 8.22. The fourth-order valence-corrected chi connectivity index (χ4v) is 3.81. The Balaban J connectivity index is 1.68. The van der Waals surface area contributed by atoms with Gasteiger partial charge in [0.25, 0.3) is 11.8 Å². The van der Waals surface area contributed by atoms with Crippen molar-refractivity contribution in [2.75, 3.05) is 31.6 Å². The molecule has 5 nitrogen and oxygen atoms in total. The van der Waals surface area contributed by atoms with Gasteiger partial charge in [-0.1, -0.05) is 26.0 Å². The number of nitrogens with one attached hydrogen (secondary N) is 1. The minimum atomic E-state index is -0.147. The van der Waals surface area contributed by atoms with Crippen LogP contribution in [0.15, 0.2) is 53.4 Å². The lowest BCUT2D eigenvalue weighted by Gasteiger charge is -2.26. The van der Waals surface area contributed by atoms with Crippen LogP contribution in [0, 0.1) is 0 Å². The average molecular weight is 385 g/mol. The van der Waals surface area contributed by atoms with Crippen molar-refractivity contribution in [3.63, 3.8) is 0 Å². The van der Waals surface area contributed by atoms with Gasteiger partial charge in [0.2, 0.25) is 0 Å². The van der Waals surface area contributed by atoms with E-state index in [1.54, 1.807) is 40.9 Å². The van der Waals surface area contributed by atoms with E-state index in [9.17, 15) is 9.59 Å². The Morgan fingerprint density at radius 3 is 2.37 bits per heavy atom. The van der Waals surface area contributed by atoms with Crippen LogP contribution in [0.25, 0.3) is 0 Å². The Bertz CT molecular complexity index is 799. The van der Waals surface area contributed by atoms with Crippen molar-refractivity contribution in [3.8, 4) is 0 Å². The Labute approximate surface area is 164 Å². The lowest BCUT2D eigenvalue weighted by molar-refractivity contribution is 0.0303. The van der Waals surface area contributed by atoms with E-state index in [0.29, 0.717) is 48.4 Å². The normalized spacial score (nSPS) is 14.3. The maximum Gasteiger partial charge on any atom is 0.256 e. The number of rotatable bonds is 5. The Hall–Kier alpha value is -2.31. The number of hydrogen-bond acceptors (Lipinski definition) is 4. The highest BCUT2D eigenvalue weighted by Crippen LogP contribution is 2.27. The highest BCUT2D eigenvalue weighted by molar-refractivity contribution is 8.00. The lowest BCUT2D eigenvalue weighted by atomic mass is 10.1. The van der Waals surface area contributed by atoms with Crippen LogP contribution in [-0.4, -0.2) is 48.3 Å². The first-order chi connectivity index (χ1) is 13.0. The number of benzene rings is 2. The summed E-state index contributed by atoms with van der Waals surface area (Å²) in [5.74, 6) is -0.152. The number of ether oxygens (including phenoxy) is 1. The quantitative estimate of drug-likeness (QED) is 0.794. The molecule has 142 valence electrons.